The van der Waals surface area contributed by atoms with Crippen LogP contribution >= 0.6 is 0 Å². The topological polar surface area (TPSA) is 148 Å². The minimum atomic E-state index is -1.36. The molecule has 1 aliphatic heterocycles. The van der Waals surface area contributed by atoms with Crippen molar-refractivity contribution in [2.45, 2.75) is 30.6 Å². The van der Waals surface area contributed by atoms with Gasteiger partial charge in [0.2, 0.25) is 6.29 Å². The highest BCUT2D eigenvalue weighted by atomic mass is 16.7. The number of hydrogen-bond acceptors (Lipinski definition) is 7. The maximum absolute atomic E-state index is 10.5. The third kappa shape index (κ3) is 2.55. The van der Waals surface area contributed by atoms with Crippen LogP contribution in [0.25, 0.3) is 0 Å². The highest BCUT2D eigenvalue weighted by molar-refractivity contribution is 5.64. The van der Waals surface area contributed by atoms with Gasteiger partial charge >= 0.3 is 6.09 Å². The van der Waals surface area contributed by atoms with E-state index >= 15 is 0 Å². The number of nitrogens with two attached hydrogens (primary N) is 2. The van der Waals surface area contributed by atoms with Gasteiger partial charge in [-0.05, 0) is 0 Å². The number of rotatable bonds is 2. The van der Waals surface area contributed by atoms with E-state index < -0.39 is 43.3 Å². The molecule has 7 N–H and O–H groups in total. The molecule has 0 spiro atoms. The van der Waals surface area contributed by atoms with E-state index in [-0.39, 0.29) is 0 Å². The molecule has 0 aliphatic carbocycles. The van der Waals surface area contributed by atoms with E-state index in [1.54, 1.807) is 0 Å². The molecule has 1 heterocycles. The predicted molar refractivity (Wildman–Crippen MR) is 46.4 cm³/mol. The van der Waals surface area contributed by atoms with Gasteiger partial charge in [-0.15, -0.1) is 0 Å². The lowest BCUT2D eigenvalue weighted by molar-refractivity contribution is -0.246. The summed E-state index contributed by atoms with van der Waals surface area (Å²) in [6.07, 6.45) is -6.16. The summed E-state index contributed by atoms with van der Waals surface area (Å²) in [7, 11) is 0. The second kappa shape index (κ2) is 4.73. The number of hydrogen-bond donors (Lipinski definition) is 5. The van der Waals surface area contributed by atoms with Gasteiger partial charge in [0, 0.05) is 0 Å². The van der Waals surface area contributed by atoms with E-state index in [1.165, 1.54) is 0 Å². The Balaban J connectivity index is 2.69. The van der Waals surface area contributed by atoms with Crippen LogP contribution in [0.3, 0.4) is 0 Å². The zero-order valence-electron chi connectivity index (χ0n) is 7.81. The van der Waals surface area contributed by atoms with Crippen molar-refractivity contribution in [2.75, 3.05) is 6.61 Å². The normalized spacial score (nSPS) is 41.2. The van der Waals surface area contributed by atoms with E-state index in [0.717, 1.165) is 0 Å². The summed E-state index contributed by atoms with van der Waals surface area (Å²) in [4.78, 5) is 10.5. The average Bonchev–Trinajstić information content (AvgIpc) is 2.18. The van der Waals surface area contributed by atoms with E-state index in [0.29, 0.717) is 0 Å². The molecular formula is C7H14N2O6. The molecule has 0 aromatic carbocycles. The van der Waals surface area contributed by atoms with Crippen LogP contribution in [0.2, 0.25) is 0 Å². The van der Waals surface area contributed by atoms with Crippen LogP contribution in [0.15, 0.2) is 0 Å². The minimum absolute atomic E-state index is 0.538. The van der Waals surface area contributed by atoms with Crippen molar-refractivity contribution in [3.05, 3.63) is 0 Å². The lowest BCUT2D eigenvalue weighted by Gasteiger charge is -2.39. The van der Waals surface area contributed by atoms with E-state index in [1.807, 2.05) is 0 Å². The van der Waals surface area contributed by atoms with Crippen molar-refractivity contribution >= 4 is 6.09 Å². The van der Waals surface area contributed by atoms with Gasteiger partial charge in [0.15, 0.2) is 0 Å². The molecule has 1 aliphatic rings. The van der Waals surface area contributed by atoms with Gasteiger partial charge in [0.25, 0.3) is 0 Å². The molecule has 0 aromatic heterocycles. The molecular weight excluding hydrogens is 208 g/mol. The lowest BCUT2D eigenvalue weighted by Crippen LogP contribution is -2.63. The molecule has 1 rings (SSSR count). The van der Waals surface area contributed by atoms with Gasteiger partial charge < -0.3 is 36.3 Å². The Hall–Kier alpha value is -0.930. The van der Waals surface area contributed by atoms with Crippen LogP contribution in [0.5, 0.6) is 0 Å². The number of carbonyl (C=O) groups excluding carboxylic acids is 1. The Morgan fingerprint density at radius 3 is 2.47 bits per heavy atom. The van der Waals surface area contributed by atoms with Crippen LogP contribution in [-0.2, 0) is 9.47 Å². The van der Waals surface area contributed by atoms with Crippen molar-refractivity contribution in [3.8, 4) is 0 Å². The van der Waals surface area contributed by atoms with E-state index in [4.69, 9.17) is 21.3 Å². The summed E-state index contributed by atoms with van der Waals surface area (Å²) in [5.74, 6) is 0. The molecule has 0 bridgehead atoms. The fourth-order valence-electron chi connectivity index (χ4n) is 1.32. The average molecular weight is 222 g/mol. The Bertz CT molecular complexity index is 236. The third-order valence-electron chi connectivity index (χ3n) is 2.16. The zero-order chi connectivity index (χ0) is 11.6. The maximum atomic E-state index is 10.5. The Morgan fingerprint density at radius 2 is 2.00 bits per heavy atom. The molecule has 0 radical (unpaired) electrons. The fraction of sp³-hybridized carbons (Fsp3) is 0.857. The van der Waals surface area contributed by atoms with Crippen LogP contribution in [0.4, 0.5) is 4.79 Å². The van der Waals surface area contributed by atoms with Crippen LogP contribution in [0.1, 0.15) is 0 Å². The largest absolute Gasteiger partial charge is 0.418 e. The summed E-state index contributed by atoms with van der Waals surface area (Å²) >= 11 is 0. The Labute approximate surface area is 85.4 Å². The summed E-state index contributed by atoms with van der Waals surface area (Å²) in [5, 5.41) is 27.6. The van der Waals surface area contributed by atoms with Crippen molar-refractivity contribution in [1.82, 2.24) is 0 Å². The predicted octanol–water partition coefficient (Wildman–Crippen LogP) is -3.15. The number of primary amides is 1. The molecule has 1 fully saturated rings. The van der Waals surface area contributed by atoms with Crippen molar-refractivity contribution < 1.29 is 29.6 Å². The van der Waals surface area contributed by atoms with Gasteiger partial charge in [-0.1, -0.05) is 0 Å². The molecule has 8 heteroatoms. The highest BCUT2D eigenvalue weighted by Gasteiger charge is 2.44. The van der Waals surface area contributed by atoms with Gasteiger partial charge in [-0.2, -0.15) is 0 Å². The number of amides is 1. The quantitative estimate of drug-likeness (QED) is 0.331. The zero-order valence-corrected chi connectivity index (χ0v) is 7.81. The van der Waals surface area contributed by atoms with Gasteiger partial charge in [0.1, 0.15) is 18.3 Å². The number of carbonyl (C=O) groups is 1. The van der Waals surface area contributed by atoms with Crippen LogP contribution in [0, 0.1) is 0 Å². The van der Waals surface area contributed by atoms with Crippen LogP contribution in [-0.4, -0.2) is 58.7 Å². The summed E-state index contributed by atoms with van der Waals surface area (Å²) < 4.78 is 9.40. The summed E-state index contributed by atoms with van der Waals surface area (Å²) in [6.45, 7) is -0.538. The summed E-state index contributed by atoms with van der Waals surface area (Å²) in [5.41, 5.74) is 10.2. The van der Waals surface area contributed by atoms with E-state index in [9.17, 15) is 15.0 Å². The molecule has 8 nitrogen and oxygen atoms in total. The smallest absolute Gasteiger partial charge is 0.406 e. The lowest BCUT2D eigenvalue weighted by atomic mass is 9.98. The number of ether oxygens (including phenoxy) is 2. The third-order valence-corrected chi connectivity index (χ3v) is 2.16. The van der Waals surface area contributed by atoms with Gasteiger partial charge in [-0.3, -0.25) is 0 Å². The van der Waals surface area contributed by atoms with Gasteiger partial charge in [-0.25, -0.2) is 4.79 Å². The van der Waals surface area contributed by atoms with Gasteiger partial charge in [0.05, 0.1) is 12.6 Å². The van der Waals surface area contributed by atoms with Crippen molar-refractivity contribution in [3.63, 3.8) is 0 Å². The first-order chi connectivity index (χ1) is 6.97. The monoisotopic (exact) mass is 222 g/mol. The first-order valence-corrected chi connectivity index (χ1v) is 4.31. The molecule has 88 valence electrons. The van der Waals surface area contributed by atoms with Crippen molar-refractivity contribution in [2.24, 2.45) is 11.5 Å². The molecule has 0 aromatic rings. The number of aliphatic hydroxyl groups excluding tert-OH is 3. The second-order valence-corrected chi connectivity index (χ2v) is 3.22. The first-order valence-electron chi connectivity index (χ1n) is 4.31. The molecule has 1 amide bonds. The fourth-order valence-corrected chi connectivity index (χ4v) is 1.32. The first kappa shape index (κ1) is 12.1. The summed E-state index contributed by atoms with van der Waals surface area (Å²) in [6, 6.07) is -1.12. The van der Waals surface area contributed by atoms with Crippen LogP contribution < -0.4 is 11.5 Å². The minimum Gasteiger partial charge on any atom is -0.418 e. The maximum Gasteiger partial charge on any atom is 0.406 e. The Morgan fingerprint density at radius 1 is 1.40 bits per heavy atom. The highest BCUT2D eigenvalue weighted by Crippen LogP contribution is 2.20. The molecule has 1 unspecified atom stereocenters. The second-order valence-electron chi connectivity index (χ2n) is 3.22. The number of aliphatic hydroxyl groups is 3. The molecule has 0 saturated carbocycles. The molecule has 15 heavy (non-hydrogen) atoms. The molecule has 1 saturated heterocycles. The Kier molecular flexibility index (Phi) is 3.83. The molecule has 5 atom stereocenters. The SMILES string of the molecule is NC(=O)OC1O[C@H](CO)[C@@H](O)[C@H](O)[C@H]1N. The van der Waals surface area contributed by atoms with E-state index in [2.05, 4.69) is 4.74 Å². The standard InChI is InChI=1S/C7H14N2O6/c8-3-5(12)4(11)2(1-10)14-6(3)15-7(9)13/h2-6,10-12H,1,8H2,(H2,9,13)/t2-,3-,4-,5-,6?/m1/s1. The van der Waals surface area contributed by atoms with Crippen molar-refractivity contribution in [1.29, 1.82) is 0 Å².